The molecule has 0 aromatic heterocycles. The zero-order chi connectivity index (χ0) is 17.0. The number of hydrogen-bond donors (Lipinski definition) is 2. The number of carbonyl (C=O) groups excluding carboxylic acids is 2. The van der Waals surface area contributed by atoms with Crippen LogP contribution in [0.25, 0.3) is 0 Å². The van der Waals surface area contributed by atoms with Crippen molar-refractivity contribution in [2.75, 3.05) is 13.2 Å². The van der Waals surface area contributed by atoms with E-state index in [0.29, 0.717) is 13.0 Å². The topological polar surface area (TPSA) is 81.4 Å². The number of benzene rings is 1. The minimum absolute atomic E-state index is 0. The van der Waals surface area contributed by atoms with E-state index in [-0.39, 0.29) is 36.4 Å². The Morgan fingerprint density at radius 2 is 2.12 bits per heavy atom. The molecule has 1 fully saturated rings. The third-order valence-corrected chi connectivity index (χ3v) is 3.66. The highest BCUT2D eigenvalue weighted by Gasteiger charge is 2.31. The van der Waals surface area contributed by atoms with Crippen molar-refractivity contribution in [1.82, 2.24) is 5.32 Å². The fourth-order valence-electron chi connectivity index (χ4n) is 2.33. The van der Waals surface area contributed by atoms with Crippen molar-refractivity contribution in [3.8, 4) is 5.75 Å². The fraction of sp³-hybridized carbons (Fsp3) is 0.467. The molecule has 24 heavy (non-hydrogen) atoms. The van der Waals surface area contributed by atoms with Crippen molar-refractivity contribution in [2.45, 2.75) is 25.1 Å². The Kier molecular flexibility index (Phi) is 7.04. The average Bonchev–Trinajstić information content (AvgIpc) is 2.89. The van der Waals surface area contributed by atoms with Gasteiger partial charge in [0.05, 0.1) is 11.6 Å². The van der Waals surface area contributed by atoms with E-state index < -0.39 is 30.2 Å². The summed E-state index contributed by atoms with van der Waals surface area (Å²) in [5.74, 6) is -0.948. The SMILES string of the molecule is Cl.N[C@@H](C[C@@H]1CCNC1=O)C(=O)COc1cccc(C(F)(F)F)c1. The lowest BCUT2D eigenvalue weighted by Gasteiger charge is -2.15. The summed E-state index contributed by atoms with van der Waals surface area (Å²) in [4.78, 5) is 23.3. The number of halogens is 4. The van der Waals surface area contributed by atoms with Crippen LogP contribution < -0.4 is 15.8 Å². The molecule has 0 saturated carbocycles. The highest BCUT2D eigenvalue weighted by atomic mass is 35.5. The zero-order valence-electron chi connectivity index (χ0n) is 12.6. The Morgan fingerprint density at radius 1 is 1.42 bits per heavy atom. The molecule has 5 nitrogen and oxygen atoms in total. The normalized spacial score (nSPS) is 18.5. The van der Waals surface area contributed by atoms with Gasteiger partial charge >= 0.3 is 6.18 Å². The van der Waals surface area contributed by atoms with Crippen molar-refractivity contribution in [3.05, 3.63) is 29.8 Å². The molecule has 0 bridgehead atoms. The van der Waals surface area contributed by atoms with Gasteiger partial charge in [-0.3, -0.25) is 9.59 Å². The molecule has 1 aromatic rings. The Hall–Kier alpha value is -1.80. The minimum Gasteiger partial charge on any atom is -0.486 e. The monoisotopic (exact) mass is 366 g/mol. The number of Topliss-reactive ketones (excluding diaryl/α,β-unsaturated/α-hetero) is 1. The van der Waals surface area contributed by atoms with Gasteiger partial charge in [0.15, 0.2) is 5.78 Å². The van der Waals surface area contributed by atoms with Gasteiger partial charge in [0.1, 0.15) is 12.4 Å². The maximum atomic E-state index is 12.6. The molecule has 2 atom stereocenters. The number of nitrogens with two attached hydrogens (primary N) is 1. The van der Waals surface area contributed by atoms with Crippen LogP contribution in [0.4, 0.5) is 13.2 Å². The van der Waals surface area contributed by atoms with Crippen molar-refractivity contribution in [2.24, 2.45) is 11.7 Å². The summed E-state index contributed by atoms with van der Waals surface area (Å²) in [5.41, 5.74) is 4.88. The number of nitrogens with one attached hydrogen (secondary N) is 1. The molecular weight excluding hydrogens is 349 g/mol. The maximum absolute atomic E-state index is 12.6. The molecule has 0 aliphatic carbocycles. The second-order valence-corrected chi connectivity index (χ2v) is 5.40. The van der Waals surface area contributed by atoms with Crippen LogP contribution >= 0.6 is 12.4 Å². The van der Waals surface area contributed by atoms with E-state index in [1.54, 1.807) is 0 Å². The number of alkyl halides is 3. The van der Waals surface area contributed by atoms with Gasteiger partial charge in [0, 0.05) is 12.5 Å². The molecule has 1 aliphatic heterocycles. The number of carbonyl (C=O) groups is 2. The Bertz CT molecular complexity index is 596. The molecule has 3 N–H and O–H groups in total. The largest absolute Gasteiger partial charge is 0.486 e. The molecule has 1 saturated heterocycles. The highest BCUT2D eigenvalue weighted by molar-refractivity contribution is 5.87. The average molecular weight is 367 g/mol. The van der Waals surface area contributed by atoms with Crippen LogP contribution in [-0.2, 0) is 15.8 Å². The molecule has 0 radical (unpaired) electrons. The quantitative estimate of drug-likeness (QED) is 0.806. The van der Waals surface area contributed by atoms with E-state index in [2.05, 4.69) is 5.32 Å². The first-order valence-electron chi connectivity index (χ1n) is 7.13. The van der Waals surface area contributed by atoms with Crippen LogP contribution in [0.5, 0.6) is 5.75 Å². The second kappa shape index (κ2) is 8.34. The standard InChI is InChI=1S/C15H17F3N2O3.ClH/c16-15(17,18)10-2-1-3-11(7-10)23-8-13(21)12(19)6-9-4-5-20-14(9)22;/h1-3,7,9,12H,4-6,8,19H2,(H,20,22);1H/t9-,12-;/m0./s1. The number of amides is 1. The number of ketones is 1. The first-order chi connectivity index (χ1) is 10.8. The van der Waals surface area contributed by atoms with Crippen molar-refractivity contribution in [3.63, 3.8) is 0 Å². The summed E-state index contributed by atoms with van der Waals surface area (Å²) in [5, 5.41) is 2.65. The van der Waals surface area contributed by atoms with Gasteiger partial charge in [-0.15, -0.1) is 12.4 Å². The predicted octanol–water partition coefficient (Wildman–Crippen LogP) is 1.93. The van der Waals surface area contributed by atoms with Gasteiger partial charge in [-0.05, 0) is 31.0 Å². The van der Waals surface area contributed by atoms with E-state index in [0.717, 1.165) is 12.1 Å². The van der Waals surface area contributed by atoms with E-state index in [4.69, 9.17) is 10.5 Å². The molecule has 9 heteroatoms. The molecule has 0 spiro atoms. The van der Waals surface area contributed by atoms with E-state index in [1.807, 2.05) is 0 Å². The van der Waals surface area contributed by atoms with Gasteiger partial charge in [0.25, 0.3) is 0 Å². The van der Waals surface area contributed by atoms with Gasteiger partial charge in [-0.2, -0.15) is 13.2 Å². The Morgan fingerprint density at radius 3 is 2.71 bits per heavy atom. The number of hydrogen-bond acceptors (Lipinski definition) is 4. The van der Waals surface area contributed by atoms with Crippen LogP contribution in [0.2, 0.25) is 0 Å². The second-order valence-electron chi connectivity index (χ2n) is 5.40. The van der Waals surface area contributed by atoms with Gasteiger partial charge < -0.3 is 15.8 Å². The van der Waals surface area contributed by atoms with Gasteiger partial charge in [0.2, 0.25) is 5.91 Å². The third kappa shape index (κ3) is 5.38. The van der Waals surface area contributed by atoms with Crippen LogP contribution in [-0.4, -0.2) is 30.9 Å². The molecular formula is C15H18ClF3N2O3. The van der Waals surface area contributed by atoms with Crippen LogP contribution in [0.1, 0.15) is 18.4 Å². The van der Waals surface area contributed by atoms with E-state index >= 15 is 0 Å². The summed E-state index contributed by atoms with van der Waals surface area (Å²) >= 11 is 0. The third-order valence-electron chi connectivity index (χ3n) is 3.66. The van der Waals surface area contributed by atoms with Crippen LogP contribution in [0, 0.1) is 5.92 Å². The lowest BCUT2D eigenvalue weighted by Crippen LogP contribution is -2.37. The first kappa shape index (κ1) is 20.2. The van der Waals surface area contributed by atoms with Crippen LogP contribution in [0.3, 0.4) is 0 Å². The zero-order valence-corrected chi connectivity index (χ0v) is 13.5. The number of rotatable bonds is 6. The molecule has 1 aromatic carbocycles. The lowest BCUT2D eigenvalue weighted by molar-refractivity contribution is -0.137. The summed E-state index contributed by atoms with van der Waals surface area (Å²) in [7, 11) is 0. The van der Waals surface area contributed by atoms with Crippen molar-refractivity contribution in [1.29, 1.82) is 0 Å². The maximum Gasteiger partial charge on any atom is 0.416 e. The molecule has 134 valence electrons. The molecule has 1 aliphatic rings. The Labute approximate surface area is 143 Å². The summed E-state index contributed by atoms with van der Waals surface area (Å²) in [6.07, 6.45) is -3.65. The number of ether oxygens (including phenoxy) is 1. The summed E-state index contributed by atoms with van der Waals surface area (Å²) in [6, 6.07) is 3.39. The van der Waals surface area contributed by atoms with Crippen LogP contribution in [0.15, 0.2) is 24.3 Å². The molecule has 1 amide bonds. The van der Waals surface area contributed by atoms with Gasteiger partial charge in [-0.1, -0.05) is 6.07 Å². The van der Waals surface area contributed by atoms with Crippen molar-refractivity contribution < 1.29 is 27.5 Å². The molecule has 1 heterocycles. The molecule has 2 rings (SSSR count). The smallest absolute Gasteiger partial charge is 0.416 e. The Balaban J connectivity index is 0.00000288. The summed E-state index contributed by atoms with van der Waals surface area (Å²) < 4.78 is 42.8. The van der Waals surface area contributed by atoms with E-state index in [1.165, 1.54) is 12.1 Å². The predicted molar refractivity (Wildman–Crippen MR) is 82.9 cm³/mol. The highest BCUT2D eigenvalue weighted by Crippen LogP contribution is 2.31. The summed E-state index contributed by atoms with van der Waals surface area (Å²) in [6.45, 7) is 0.127. The van der Waals surface area contributed by atoms with E-state index in [9.17, 15) is 22.8 Å². The fourth-order valence-corrected chi connectivity index (χ4v) is 2.33. The minimum atomic E-state index is -4.48. The first-order valence-corrected chi connectivity index (χ1v) is 7.13. The van der Waals surface area contributed by atoms with Gasteiger partial charge in [-0.25, -0.2) is 0 Å². The lowest BCUT2D eigenvalue weighted by atomic mass is 9.97. The van der Waals surface area contributed by atoms with Crippen molar-refractivity contribution >= 4 is 24.1 Å². The molecule has 0 unspecified atom stereocenters.